The molecule has 0 aromatic heterocycles. The Morgan fingerprint density at radius 2 is 1.95 bits per heavy atom. The predicted molar refractivity (Wildman–Crippen MR) is 68.6 cm³/mol. The molecule has 112 valence electrons. The molecule has 0 spiro atoms. The summed E-state index contributed by atoms with van der Waals surface area (Å²) in [5, 5.41) is 28.5. The van der Waals surface area contributed by atoms with Gasteiger partial charge in [0.2, 0.25) is 0 Å². The van der Waals surface area contributed by atoms with Crippen molar-refractivity contribution in [3.63, 3.8) is 0 Å². The first-order valence-corrected chi connectivity index (χ1v) is 6.21. The van der Waals surface area contributed by atoms with Crippen molar-refractivity contribution >= 4 is 11.9 Å². The van der Waals surface area contributed by atoms with Crippen molar-refractivity contribution in [2.75, 3.05) is 13.1 Å². The van der Waals surface area contributed by atoms with E-state index in [4.69, 9.17) is 26.8 Å². The van der Waals surface area contributed by atoms with E-state index in [0.717, 1.165) is 19.4 Å². The van der Waals surface area contributed by atoms with Gasteiger partial charge in [-0.25, -0.2) is 0 Å². The molecule has 0 bridgehead atoms. The molecule has 8 N–H and O–H groups in total. The Labute approximate surface area is 111 Å². The highest BCUT2D eigenvalue weighted by atomic mass is 16.4. The van der Waals surface area contributed by atoms with Crippen LogP contribution in [0.3, 0.4) is 0 Å². The first-order chi connectivity index (χ1) is 8.88. The standard InChI is InChI=1S/C6H14N2O3.C5H9NO2/c7-3-4(9)1-2-5(8)6(10)11;7-5(8)4-2-1-3-6-4/h4-5,9H,1-3,7-8H2,(H,10,11);4,6H,1-3H2,(H,7,8)/t4?,5-;/m0./s1. The van der Waals surface area contributed by atoms with Crippen LogP contribution in [-0.2, 0) is 9.59 Å². The van der Waals surface area contributed by atoms with Crippen LogP contribution in [0.5, 0.6) is 0 Å². The van der Waals surface area contributed by atoms with Crippen molar-refractivity contribution < 1.29 is 24.9 Å². The van der Waals surface area contributed by atoms with Crippen LogP contribution in [0.2, 0.25) is 0 Å². The topological polar surface area (TPSA) is 159 Å². The Morgan fingerprint density at radius 3 is 2.26 bits per heavy atom. The summed E-state index contributed by atoms with van der Waals surface area (Å²) < 4.78 is 0. The minimum atomic E-state index is -1.05. The second-order valence-electron chi connectivity index (χ2n) is 4.40. The van der Waals surface area contributed by atoms with E-state index in [0.29, 0.717) is 6.42 Å². The fourth-order valence-electron chi connectivity index (χ4n) is 1.51. The number of hydrogen-bond donors (Lipinski definition) is 6. The number of hydrogen-bond acceptors (Lipinski definition) is 6. The molecule has 1 aliphatic heterocycles. The Bertz CT molecular complexity index is 282. The first kappa shape index (κ1) is 17.8. The Hall–Kier alpha value is -1.22. The van der Waals surface area contributed by atoms with Crippen molar-refractivity contribution in [2.24, 2.45) is 11.5 Å². The number of aliphatic hydroxyl groups is 1. The summed E-state index contributed by atoms with van der Waals surface area (Å²) in [4.78, 5) is 20.3. The summed E-state index contributed by atoms with van der Waals surface area (Å²) in [7, 11) is 0. The maximum absolute atomic E-state index is 10.2. The summed E-state index contributed by atoms with van der Waals surface area (Å²) in [6.45, 7) is 1.00. The lowest BCUT2D eigenvalue weighted by molar-refractivity contribution is -0.139. The maximum Gasteiger partial charge on any atom is 0.320 e. The van der Waals surface area contributed by atoms with Gasteiger partial charge in [-0.1, -0.05) is 0 Å². The molecule has 3 atom stereocenters. The smallest absolute Gasteiger partial charge is 0.320 e. The van der Waals surface area contributed by atoms with Crippen molar-refractivity contribution in [3.05, 3.63) is 0 Å². The average molecular weight is 277 g/mol. The van der Waals surface area contributed by atoms with Crippen LogP contribution >= 0.6 is 0 Å². The fourth-order valence-corrected chi connectivity index (χ4v) is 1.51. The normalized spacial score (nSPS) is 21.1. The molecule has 0 amide bonds. The van der Waals surface area contributed by atoms with Crippen LogP contribution < -0.4 is 16.8 Å². The third-order valence-electron chi connectivity index (χ3n) is 2.76. The molecule has 0 radical (unpaired) electrons. The summed E-state index contributed by atoms with van der Waals surface area (Å²) in [6, 6.07) is -1.16. The number of aliphatic hydroxyl groups excluding tert-OH is 1. The lowest BCUT2D eigenvalue weighted by atomic mass is 10.1. The molecule has 0 aliphatic carbocycles. The summed E-state index contributed by atoms with van der Waals surface area (Å²) >= 11 is 0. The number of carboxylic acid groups (broad SMARTS) is 2. The zero-order chi connectivity index (χ0) is 14.8. The van der Waals surface area contributed by atoms with E-state index in [1.807, 2.05) is 0 Å². The lowest BCUT2D eigenvalue weighted by Crippen LogP contribution is -2.32. The second kappa shape index (κ2) is 9.68. The second-order valence-corrected chi connectivity index (χ2v) is 4.40. The van der Waals surface area contributed by atoms with Crippen molar-refractivity contribution in [2.45, 2.75) is 43.9 Å². The van der Waals surface area contributed by atoms with Gasteiger partial charge in [0.15, 0.2) is 0 Å². The van der Waals surface area contributed by atoms with Crippen LogP contribution in [0, 0.1) is 0 Å². The fraction of sp³-hybridized carbons (Fsp3) is 0.818. The highest BCUT2D eigenvalue weighted by Crippen LogP contribution is 2.03. The van der Waals surface area contributed by atoms with Crippen LogP contribution in [-0.4, -0.2) is 58.5 Å². The van der Waals surface area contributed by atoms with Crippen LogP contribution in [0.25, 0.3) is 0 Å². The summed E-state index contributed by atoms with van der Waals surface area (Å²) in [5.74, 6) is -1.77. The van der Waals surface area contributed by atoms with Gasteiger partial charge in [0.1, 0.15) is 12.1 Å². The molecular formula is C11H23N3O5. The highest BCUT2D eigenvalue weighted by molar-refractivity contribution is 5.73. The Kier molecular flexibility index (Phi) is 9.06. The van der Waals surface area contributed by atoms with Gasteiger partial charge in [0.25, 0.3) is 0 Å². The van der Waals surface area contributed by atoms with Crippen molar-refractivity contribution in [1.29, 1.82) is 0 Å². The molecule has 0 aromatic carbocycles. The summed E-state index contributed by atoms with van der Waals surface area (Å²) in [6.07, 6.45) is 1.74. The number of aliphatic carboxylic acids is 2. The third kappa shape index (κ3) is 8.49. The molecule has 1 fully saturated rings. The first-order valence-electron chi connectivity index (χ1n) is 6.21. The van der Waals surface area contributed by atoms with E-state index in [1.165, 1.54) is 0 Å². The average Bonchev–Trinajstić information content (AvgIpc) is 2.90. The number of carboxylic acids is 2. The predicted octanol–water partition coefficient (Wildman–Crippen LogP) is -1.68. The van der Waals surface area contributed by atoms with Gasteiger partial charge >= 0.3 is 11.9 Å². The molecular weight excluding hydrogens is 254 g/mol. The van der Waals surface area contributed by atoms with Gasteiger partial charge in [-0.15, -0.1) is 0 Å². The lowest BCUT2D eigenvalue weighted by Gasteiger charge is -2.09. The SMILES string of the molecule is NCC(O)CC[C@H](N)C(=O)O.O=C(O)C1CCCN1. The molecule has 2 unspecified atom stereocenters. The number of nitrogens with one attached hydrogen (secondary N) is 1. The zero-order valence-corrected chi connectivity index (χ0v) is 10.8. The molecule has 19 heavy (non-hydrogen) atoms. The van der Waals surface area contributed by atoms with Gasteiger partial charge in [-0.3, -0.25) is 9.59 Å². The van der Waals surface area contributed by atoms with Crippen molar-refractivity contribution in [3.8, 4) is 0 Å². The van der Waals surface area contributed by atoms with E-state index < -0.39 is 24.1 Å². The van der Waals surface area contributed by atoms with Crippen LogP contribution in [0.1, 0.15) is 25.7 Å². The van der Waals surface area contributed by atoms with Crippen LogP contribution in [0.4, 0.5) is 0 Å². The number of carbonyl (C=O) groups is 2. The minimum absolute atomic E-state index is 0.145. The van der Waals surface area contributed by atoms with Gasteiger partial charge in [0.05, 0.1) is 6.10 Å². The zero-order valence-electron chi connectivity index (χ0n) is 10.8. The number of rotatable bonds is 6. The molecule has 0 saturated carbocycles. The monoisotopic (exact) mass is 277 g/mol. The van der Waals surface area contributed by atoms with E-state index in [-0.39, 0.29) is 19.0 Å². The van der Waals surface area contributed by atoms with E-state index in [1.54, 1.807) is 0 Å². The molecule has 0 aromatic rings. The minimum Gasteiger partial charge on any atom is -0.480 e. The molecule has 8 heteroatoms. The van der Waals surface area contributed by atoms with Crippen molar-refractivity contribution in [1.82, 2.24) is 5.32 Å². The largest absolute Gasteiger partial charge is 0.480 e. The van der Waals surface area contributed by atoms with Gasteiger partial charge in [0, 0.05) is 6.54 Å². The molecule has 1 heterocycles. The quantitative estimate of drug-likeness (QED) is 0.336. The van der Waals surface area contributed by atoms with Gasteiger partial charge in [-0.05, 0) is 32.2 Å². The molecule has 1 aliphatic rings. The van der Waals surface area contributed by atoms with E-state index in [2.05, 4.69) is 5.32 Å². The molecule has 1 rings (SSSR count). The Balaban J connectivity index is 0.000000356. The molecule has 8 nitrogen and oxygen atoms in total. The van der Waals surface area contributed by atoms with Gasteiger partial charge < -0.3 is 32.1 Å². The van der Waals surface area contributed by atoms with E-state index >= 15 is 0 Å². The number of nitrogens with two attached hydrogens (primary N) is 2. The third-order valence-corrected chi connectivity index (χ3v) is 2.76. The van der Waals surface area contributed by atoms with Gasteiger partial charge in [-0.2, -0.15) is 0 Å². The maximum atomic E-state index is 10.2. The van der Waals surface area contributed by atoms with Crippen LogP contribution in [0.15, 0.2) is 0 Å². The van der Waals surface area contributed by atoms with E-state index in [9.17, 15) is 9.59 Å². The Morgan fingerprint density at radius 1 is 1.32 bits per heavy atom. The highest BCUT2D eigenvalue weighted by Gasteiger charge is 2.20. The molecule has 1 saturated heterocycles. The summed E-state index contributed by atoms with van der Waals surface area (Å²) in [5.41, 5.74) is 10.3.